The van der Waals surface area contributed by atoms with E-state index in [1.165, 1.54) is 12.2 Å². The monoisotopic (exact) mass is 280 g/mol. The van der Waals surface area contributed by atoms with Gasteiger partial charge in [-0.25, -0.2) is 9.59 Å². The second-order valence-electron chi connectivity index (χ2n) is 7.15. The normalized spacial score (nSPS) is 18.6. The van der Waals surface area contributed by atoms with E-state index in [-0.39, 0.29) is 0 Å². The molecule has 20 heavy (non-hydrogen) atoms. The molecule has 0 aromatic heterocycles. The van der Waals surface area contributed by atoms with Gasteiger partial charge in [0.25, 0.3) is 0 Å². The molecule has 0 amide bonds. The van der Waals surface area contributed by atoms with Crippen LogP contribution >= 0.6 is 0 Å². The fourth-order valence-electron chi connectivity index (χ4n) is 1.05. The third kappa shape index (κ3) is 3.92. The van der Waals surface area contributed by atoms with Crippen molar-refractivity contribution in [3.05, 3.63) is 0 Å². The van der Waals surface area contributed by atoms with Gasteiger partial charge >= 0.3 is 0 Å². The SMILES string of the molecule is CC(C)(C)C(C)(N=C=O)N=NC(C)(N=C=O)C(C)(C)C. The molecule has 2 atom stereocenters. The minimum absolute atomic E-state index is 0.433. The lowest BCUT2D eigenvalue weighted by atomic mass is 9.82. The first-order chi connectivity index (χ1) is 8.83. The van der Waals surface area contributed by atoms with E-state index >= 15 is 0 Å². The molecule has 0 aromatic carbocycles. The highest BCUT2D eigenvalue weighted by molar-refractivity contribution is 5.35. The van der Waals surface area contributed by atoms with Gasteiger partial charge in [-0.1, -0.05) is 41.5 Å². The minimum Gasteiger partial charge on any atom is -0.211 e. The van der Waals surface area contributed by atoms with E-state index in [0.29, 0.717) is 0 Å². The molecule has 112 valence electrons. The van der Waals surface area contributed by atoms with Gasteiger partial charge in [0.2, 0.25) is 12.2 Å². The topological polar surface area (TPSA) is 83.6 Å². The summed E-state index contributed by atoms with van der Waals surface area (Å²) in [4.78, 5) is 28.8. The summed E-state index contributed by atoms with van der Waals surface area (Å²) in [6.07, 6.45) is 3.07. The molecule has 0 aromatic rings. The highest BCUT2D eigenvalue weighted by atomic mass is 16.1. The molecule has 2 unspecified atom stereocenters. The Bertz CT molecular complexity index is 430. The Morgan fingerprint density at radius 3 is 1.00 bits per heavy atom. The Kier molecular flexibility index (Phi) is 5.30. The van der Waals surface area contributed by atoms with Crippen LogP contribution in [0.4, 0.5) is 0 Å². The molecule has 0 heterocycles. The van der Waals surface area contributed by atoms with Crippen LogP contribution in [0.1, 0.15) is 55.4 Å². The fraction of sp³-hybridized carbons (Fsp3) is 0.857. The van der Waals surface area contributed by atoms with Crippen molar-refractivity contribution >= 4 is 12.2 Å². The molecule has 0 aliphatic rings. The standard InChI is InChI=1S/C14H24N4O2/c1-11(2,3)13(7,15-9-19)17-18-14(8,16-10-20)12(4,5)6/h1-8H3. The number of aliphatic imine (C=N–C) groups is 2. The number of azo groups is 1. The molecule has 0 saturated heterocycles. The predicted molar refractivity (Wildman–Crippen MR) is 76.8 cm³/mol. The third-order valence-corrected chi connectivity index (χ3v) is 3.81. The van der Waals surface area contributed by atoms with Crippen molar-refractivity contribution in [3.63, 3.8) is 0 Å². The van der Waals surface area contributed by atoms with Crippen molar-refractivity contribution in [1.29, 1.82) is 0 Å². The van der Waals surface area contributed by atoms with Gasteiger partial charge in [-0.05, 0) is 13.8 Å². The zero-order valence-electron chi connectivity index (χ0n) is 13.6. The molecular formula is C14H24N4O2. The molecular weight excluding hydrogens is 256 g/mol. The fourth-order valence-corrected chi connectivity index (χ4v) is 1.05. The summed E-state index contributed by atoms with van der Waals surface area (Å²) in [6.45, 7) is 14.7. The quantitative estimate of drug-likeness (QED) is 0.447. The average molecular weight is 280 g/mol. The summed E-state index contributed by atoms with van der Waals surface area (Å²) in [6, 6.07) is 0. The molecule has 0 spiro atoms. The number of hydrogen-bond acceptors (Lipinski definition) is 6. The van der Waals surface area contributed by atoms with Gasteiger partial charge in [-0.3, -0.25) is 0 Å². The van der Waals surface area contributed by atoms with Crippen LogP contribution in [0, 0.1) is 10.8 Å². The van der Waals surface area contributed by atoms with Crippen LogP contribution in [-0.2, 0) is 9.59 Å². The van der Waals surface area contributed by atoms with Crippen LogP contribution in [-0.4, -0.2) is 23.5 Å². The van der Waals surface area contributed by atoms with E-state index in [0.717, 1.165) is 0 Å². The highest BCUT2D eigenvalue weighted by Crippen LogP contribution is 2.39. The van der Waals surface area contributed by atoms with Gasteiger partial charge < -0.3 is 0 Å². The van der Waals surface area contributed by atoms with E-state index in [1.54, 1.807) is 13.8 Å². The predicted octanol–water partition coefficient (Wildman–Crippen LogP) is 3.63. The summed E-state index contributed by atoms with van der Waals surface area (Å²) < 4.78 is 0. The van der Waals surface area contributed by atoms with Crippen LogP contribution in [0.15, 0.2) is 20.2 Å². The smallest absolute Gasteiger partial charge is 0.211 e. The van der Waals surface area contributed by atoms with Crippen molar-refractivity contribution in [3.8, 4) is 0 Å². The molecule has 0 aliphatic carbocycles. The first-order valence-electron chi connectivity index (χ1n) is 6.45. The Hall–Kier alpha value is -1.64. The van der Waals surface area contributed by atoms with Crippen molar-refractivity contribution < 1.29 is 9.59 Å². The Morgan fingerprint density at radius 2 is 0.850 bits per heavy atom. The molecule has 0 rings (SSSR count). The average Bonchev–Trinajstić information content (AvgIpc) is 2.24. The lowest BCUT2D eigenvalue weighted by Crippen LogP contribution is -2.39. The highest BCUT2D eigenvalue weighted by Gasteiger charge is 2.42. The zero-order chi connectivity index (χ0) is 16.2. The van der Waals surface area contributed by atoms with E-state index in [2.05, 4.69) is 20.2 Å². The van der Waals surface area contributed by atoms with Gasteiger partial charge in [0, 0.05) is 10.8 Å². The van der Waals surface area contributed by atoms with Gasteiger partial charge in [-0.2, -0.15) is 20.2 Å². The second kappa shape index (κ2) is 5.78. The largest absolute Gasteiger partial charge is 0.237 e. The Morgan fingerprint density at radius 1 is 0.600 bits per heavy atom. The van der Waals surface area contributed by atoms with Gasteiger partial charge in [0.15, 0.2) is 11.3 Å². The van der Waals surface area contributed by atoms with Crippen LogP contribution < -0.4 is 0 Å². The summed E-state index contributed by atoms with van der Waals surface area (Å²) >= 11 is 0. The number of rotatable bonds is 4. The summed E-state index contributed by atoms with van der Waals surface area (Å²) in [5.74, 6) is 0. The maximum absolute atomic E-state index is 10.6. The molecule has 0 aliphatic heterocycles. The van der Waals surface area contributed by atoms with E-state index < -0.39 is 22.2 Å². The summed E-state index contributed by atoms with van der Waals surface area (Å²) in [5.41, 5.74) is -3.01. The van der Waals surface area contributed by atoms with E-state index in [4.69, 9.17) is 0 Å². The number of nitrogens with zero attached hydrogens (tertiary/aromatic N) is 4. The summed E-state index contributed by atoms with van der Waals surface area (Å²) in [5, 5.41) is 8.39. The lowest BCUT2D eigenvalue weighted by molar-refractivity contribution is 0.170. The number of hydrogen-bond donors (Lipinski definition) is 0. The second-order valence-corrected chi connectivity index (χ2v) is 7.15. The third-order valence-electron chi connectivity index (χ3n) is 3.81. The van der Waals surface area contributed by atoms with Gasteiger partial charge in [-0.15, -0.1) is 0 Å². The lowest BCUT2D eigenvalue weighted by Gasteiger charge is -2.36. The van der Waals surface area contributed by atoms with Crippen LogP contribution in [0.5, 0.6) is 0 Å². The molecule has 0 radical (unpaired) electrons. The molecule has 6 heteroatoms. The Labute approximate surface area is 120 Å². The first kappa shape index (κ1) is 18.4. The van der Waals surface area contributed by atoms with Crippen molar-refractivity contribution in [2.75, 3.05) is 0 Å². The van der Waals surface area contributed by atoms with Crippen molar-refractivity contribution in [2.24, 2.45) is 31.0 Å². The van der Waals surface area contributed by atoms with Gasteiger partial charge in [0.1, 0.15) is 0 Å². The first-order valence-corrected chi connectivity index (χ1v) is 6.45. The maximum Gasteiger partial charge on any atom is 0.237 e. The minimum atomic E-state index is -1.07. The number of carbonyl (C=O) groups excluding carboxylic acids is 2. The molecule has 0 N–H and O–H groups in total. The zero-order valence-corrected chi connectivity index (χ0v) is 13.6. The molecule has 6 nitrogen and oxygen atoms in total. The molecule has 0 fully saturated rings. The van der Waals surface area contributed by atoms with E-state index in [1.807, 2.05) is 41.5 Å². The Balaban J connectivity index is 5.85. The van der Waals surface area contributed by atoms with Crippen LogP contribution in [0.25, 0.3) is 0 Å². The molecule has 0 saturated carbocycles. The van der Waals surface area contributed by atoms with E-state index in [9.17, 15) is 9.59 Å². The van der Waals surface area contributed by atoms with Crippen molar-refractivity contribution in [2.45, 2.75) is 66.7 Å². The van der Waals surface area contributed by atoms with Crippen molar-refractivity contribution in [1.82, 2.24) is 0 Å². The van der Waals surface area contributed by atoms with Crippen LogP contribution in [0.3, 0.4) is 0 Å². The molecule has 0 bridgehead atoms. The maximum atomic E-state index is 10.6. The van der Waals surface area contributed by atoms with Crippen LogP contribution in [0.2, 0.25) is 0 Å². The summed E-state index contributed by atoms with van der Waals surface area (Å²) in [7, 11) is 0. The van der Waals surface area contributed by atoms with Gasteiger partial charge in [0.05, 0.1) is 0 Å². The number of isocyanates is 2.